The van der Waals surface area contributed by atoms with Crippen LogP contribution in [0.3, 0.4) is 0 Å². The molecule has 0 aliphatic heterocycles. The van der Waals surface area contributed by atoms with E-state index < -0.39 is 5.97 Å². The molecule has 1 aromatic heterocycles. The second kappa shape index (κ2) is 13.6. The molecular weight excluding hydrogens is 560 g/mol. The molecule has 1 heterocycles. The van der Waals surface area contributed by atoms with Gasteiger partial charge >= 0.3 is 12.0 Å². The lowest BCUT2D eigenvalue weighted by Crippen LogP contribution is -2.37. The fourth-order valence-corrected chi connectivity index (χ4v) is 5.66. The van der Waals surface area contributed by atoms with Crippen molar-refractivity contribution < 1.29 is 14.7 Å². The molecule has 0 aliphatic carbocycles. The summed E-state index contributed by atoms with van der Waals surface area (Å²) in [6.45, 7) is 4.84. The molecule has 43 heavy (non-hydrogen) atoms. The summed E-state index contributed by atoms with van der Waals surface area (Å²) in [6.07, 6.45) is 2.75. The number of fused-ring (bicyclic) bond motifs is 1. The van der Waals surface area contributed by atoms with Crippen molar-refractivity contribution in [3.8, 4) is 11.1 Å². The van der Waals surface area contributed by atoms with Crippen molar-refractivity contribution in [1.29, 1.82) is 0 Å². The molecule has 0 bridgehead atoms. The Morgan fingerprint density at radius 2 is 1.67 bits per heavy atom. The van der Waals surface area contributed by atoms with Gasteiger partial charge in [-0.25, -0.2) is 14.6 Å². The average molecular weight is 595 g/mol. The van der Waals surface area contributed by atoms with Crippen molar-refractivity contribution in [2.45, 2.75) is 52.2 Å². The van der Waals surface area contributed by atoms with Crippen LogP contribution in [0, 0.1) is 0 Å². The van der Waals surface area contributed by atoms with Gasteiger partial charge in [-0.1, -0.05) is 110 Å². The topological polar surface area (TPSA) is 96.3 Å². The van der Waals surface area contributed by atoms with Gasteiger partial charge in [-0.15, -0.1) is 0 Å². The number of aromatic nitrogens is 2. The third-order valence-electron chi connectivity index (χ3n) is 7.67. The summed E-state index contributed by atoms with van der Waals surface area (Å²) in [4.78, 5) is 29.4. The zero-order chi connectivity index (χ0) is 30.3. The van der Waals surface area contributed by atoms with Crippen LogP contribution in [0.5, 0.6) is 0 Å². The van der Waals surface area contributed by atoms with E-state index in [1.807, 2.05) is 67.6 Å². The number of urea groups is 1. The number of benzene rings is 4. The van der Waals surface area contributed by atoms with Crippen LogP contribution >= 0.6 is 11.6 Å². The van der Waals surface area contributed by atoms with Crippen LogP contribution in [0.4, 0.5) is 4.79 Å². The summed E-state index contributed by atoms with van der Waals surface area (Å²) < 4.78 is 2.08. The number of hydrogen-bond donors (Lipinski definition) is 3. The maximum absolute atomic E-state index is 13.0. The van der Waals surface area contributed by atoms with Crippen molar-refractivity contribution in [3.63, 3.8) is 0 Å². The number of hydrogen-bond acceptors (Lipinski definition) is 3. The number of carboxylic acid groups (broad SMARTS) is 1. The summed E-state index contributed by atoms with van der Waals surface area (Å²) in [6, 6.07) is 28.6. The number of halogens is 1. The van der Waals surface area contributed by atoms with Gasteiger partial charge in [-0.05, 0) is 52.4 Å². The highest BCUT2D eigenvalue weighted by molar-refractivity contribution is 6.30. The minimum Gasteiger partial charge on any atom is -0.478 e. The van der Waals surface area contributed by atoms with Crippen LogP contribution in [-0.4, -0.2) is 26.7 Å². The number of unbranched alkanes of at least 4 members (excludes halogenated alkanes) is 1. The fraction of sp³-hybridized carbons (Fsp3) is 0.229. The molecule has 4 aromatic carbocycles. The molecule has 5 rings (SSSR count). The van der Waals surface area contributed by atoms with Crippen molar-refractivity contribution in [2.24, 2.45) is 0 Å². The van der Waals surface area contributed by atoms with E-state index in [1.165, 1.54) is 0 Å². The molecule has 0 aliphatic rings. The SMILES string of the molecule is CCCCc1nc(Cl)c(CNC(=O)N[C@H](C)c2cccc3ccccc23)n1Cc1ccc(-c2ccccc2C(=O)O)cc1. The molecule has 1 atom stereocenters. The van der Waals surface area contributed by atoms with Gasteiger partial charge < -0.3 is 20.3 Å². The molecule has 220 valence electrons. The zero-order valence-electron chi connectivity index (χ0n) is 24.3. The third kappa shape index (κ3) is 6.89. The van der Waals surface area contributed by atoms with Crippen molar-refractivity contribution in [1.82, 2.24) is 20.2 Å². The van der Waals surface area contributed by atoms with E-state index in [0.717, 1.165) is 58.2 Å². The first-order valence-corrected chi connectivity index (χ1v) is 14.9. The number of carboxylic acids is 1. The Kier molecular flexibility index (Phi) is 9.42. The predicted molar refractivity (Wildman–Crippen MR) is 172 cm³/mol. The lowest BCUT2D eigenvalue weighted by molar-refractivity contribution is 0.0697. The number of rotatable bonds is 11. The van der Waals surface area contributed by atoms with Gasteiger partial charge in [0.2, 0.25) is 0 Å². The Morgan fingerprint density at radius 3 is 2.44 bits per heavy atom. The standard InChI is InChI=1S/C35H35ClN4O3/c1-3-4-16-32-39-33(36)31(21-37-35(43)38-23(2)27-15-9-11-25-10-5-6-12-28(25)27)40(32)22-24-17-19-26(20-18-24)29-13-7-8-14-30(29)34(41)42/h5-15,17-20,23H,3-4,16,21-22H2,1-2H3,(H,41,42)(H2,37,38,43)/t23-/m1/s1. The van der Waals surface area contributed by atoms with E-state index in [4.69, 9.17) is 11.6 Å². The van der Waals surface area contributed by atoms with Gasteiger partial charge in [-0.3, -0.25) is 0 Å². The van der Waals surface area contributed by atoms with E-state index in [1.54, 1.807) is 12.1 Å². The van der Waals surface area contributed by atoms with Crippen molar-refractivity contribution in [2.75, 3.05) is 0 Å². The fourth-order valence-electron chi connectivity index (χ4n) is 5.40. The molecule has 0 fully saturated rings. The van der Waals surface area contributed by atoms with Gasteiger partial charge in [0, 0.05) is 13.0 Å². The van der Waals surface area contributed by atoms with Crippen LogP contribution in [-0.2, 0) is 19.5 Å². The van der Waals surface area contributed by atoms with Crippen molar-refractivity contribution in [3.05, 3.63) is 124 Å². The normalized spacial score (nSPS) is 11.8. The lowest BCUT2D eigenvalue weighted by Gasteiger charge is -2.18. The number of aromatic carboxylic acids is 1. The van der Waals surface area contributed by atoms with Gasteiger partial charge in [-0.2, -0.15) is 0 Å². The molecule has 7 nitrogen and oxygen atoms in total. The number of aryl methyl sites for hydroxylation is 1. The molecule has 3 N–H and O–H groups in total. The van der Waals surface area contributed by atoms with E-state index in [0.29, 0.717) is 17.3 Å². The zero-order valence-corrected chi connectivity index (χ0v) is 25.1. The van der Waals surface area contributed by atoms with E-state index in [9.17, 15) is 14.7 Å². The molecule has 0 radical (unpaired) electrons. The Labute approximate surface area is 256 Å². The second-order valence-corrected chi connectivity index (χ2v) is 11.0. The first-order valence-electron chi connectivity index (χ1n) is 14.5. The van der Waals surface area contributed by atoms with Crippen LogP contribution in [0.25, 0.3) is 21.9 Å². The minimum atomic E-state index is -0.957. The molecule has 0 saturated heterocycles. The third-order valence-corrected chi connectivity index (χ3v) is 7.98. The number of amides is 2. The van der Waals surface area contributed by atoms with Crippen molar-refractivity contribution >= 4 is 34.4 Å². The summed E-state index contributed by atoms with van der Waals surface area (Å²) in [5.41, 5.74) is 4.56. The largest absolute Gasteiger partial charge is 0.478 e. The molecule has 0 spiro atoms. The summed E-state index contributed by atoms with van der Waals surface area (Å²) in [7, 11) is 0. The van der Waals surface area contributed by atoms with Gasteiger partial charge in [0.1, 0.15) is 5.82 Å². The van der Waals surface area contributed by atoms with Crippen LogP contribution in [0.2, 0.25) is 5.15 Å². The molecular formula is C35H35ClN4O3. The van der Waals surface area contributed by atoms with Gasteiger partial charge in [0.15, 0.2) is 5.15 Å². The smallest absolute Gasteiger partial charge is 0.336 e. The van der Waals surface area contributed by atoms with E-state index >= 15 is 0 Å². The first-order chi connectivity index (χ1) is 20.9. The van der Waals surface area contributed by atoms with Gasteiger partial charge in [0.05, 0.1) is 23.8 Å². The predicted octanol–water partition coefficient (Wildman–Crippen LogP) is 8.01. The van der Waals surface area contributed by atoms with Crippen LogP contribution < -0.4 is 10.6 Å². The second-order valence-electron chi connectivity index (χ2n) is 10.6. The number of nitrogens with zero attached hydrogens (tertiary/aromatic N) is 2. The average Bonchev–Trinajstić information content (AvgIpc) is 3.31. The summed E-state index contributed by atoms with van der Waals surface area (Å²) in [5, 5.41) is 18.2. The first kappa shape index (κ1) is 29.9. The lowest BCUT2D eigenvalue weighted by atomic mass is 9.99. The number of nitrogens with one attached hydrogen (secondary N) is 2. The molecule has 0 unspecified atom stereocenters. The minimum absolute atomic E-state index is 0.198. The van der Waals surface area contributed by atoms with Crippen LogP contribution in [0.1, 0.15) is 65.7 Å². The molecule has 0 saturated carbocycles. The quantitative estimate of drug-likeness (QED) is 0.144. The Bertz CT molecular complexity index is 1740. The highest BCUT2D eigenvalue weighted by Crippen LogP contribution is 2.27. The molecule has 5 aromatic rings. The maximum Gasteiger partial charge on any atom is 0.336 e. The Hall–Kier alpha value is -4.62. The Balaban J connectivity index is 1.32. The number of carbonyl (C=O) groups excluding carboxylic acids is 1. The monoisotopic (exact) mass is 594 g/mol. The highest BCUT2D eigenvalue weighted by Gasteiger charge is 2.19. The Morgan fingerprint density at radius 1 is 0.953 bits per heavy atom. The summed E-state index contributed by atoms with van der Waals surface area (Å²) in [5.74, 6) is -0.0885. The summed E-state index contributed by atoms with van der Waals surface area (Å²) >= 11 is 6.64. The maximum atomic E-state index is 13.0. The number of imidazole rings is 1. The van der Waals surface area contributed by atoms with E-state index in [-0.39, 0.29) is 24.2 Å². The molecule has 8 heteroatoms. The number of carbonyl (C=O) groups is 2. The highest BCUT2D eigenvalue weighted by atomic mass is 35.5. The van der Waals surface area contributed by atoms with E-state index in [2.05, 4.69) is 45.3 Å². The van der Waals surface area contributed by atoms with Crippen LogP contribution in [0.15, 0.2) is 91.0 Å². The van der Waals surface area contributed by atoms with Gasteiger partial charge in [0.25, 0.3) is 0 Å². The molecule has 2 amide bonds.